The van der Waals surface area contributed by atoms with Gasteiger partial charge in [-0.05, 0) is 44.2 Å². The van der Waals surface area contributed by atoms with E-state index >= 15 is 0 Å². The molecule has 2 aliphatic rings. The van der Waals surface area contributed by atoms with Gasteiger partial charge in [0.1, 0.15) is 0 Å². The van der Waals surface area contributed by atoms with Crippen LogP contribution in [0.15, 0.2) is 30.3 Å². The number of para-hydroxylation sites is 1. The maximum atomic E-state index is 13.1. The zero-order valence-electron chi connectivity index (χ0n) is 20.7. The van der Waals surface area contributed by atoms with Crippen molar-refractivity contribution in [1.82, 2.24) is 24.5 Å². The fourth-order valence-electron chi connectivity index (χ4n) is 5.31. The fourth-order valence-corrected chi connectivity index (χ4v) is 5.31. The van der Waals surface area contributed by atoms with Crippen LogP contribution in [0.1, 0.15) is 42.0 Å². The predicted octanol–water partition coefficient (Wildman–Crippen LogP) is 2.32. The maximum Gasteiger partial charge on any atom is 0.295 e. The van der Waals surface area contributed by atoms with Crippen LogP contribution in [0.2, 0.25) is 0 Å². The van der Waals surface area contributed by atoms with E-state index in [1.54, 1.807) is 16.5 Å². The SMILES string of the molecule is Cc1nn(-c2ccccc2)c(C)c1C(=O)C(=O)N1CCN(CC(=O)N2CC(C)CC(C)C2)CC1. The first-order valence-electron chi connectivity index (χ1n) is 12.2. The molecule has 0 saturated carbocycles. The molecule has 8 heteroatoms. The summed E-state index contributed by atoms with van der Waals surface area (Å²) >= 11 is 0. The van der Waals surface area contributed by atoms with E-state index in [2.05, 4.69) is 23.8 Å². The highest BCUT2D eigenvalue weighted by molar-refractivity contribution is 6.43. The molecule has 2 saturated heterocycles. The number of Topliss-reactive ketones (excluding diaryl/α,β-unsaturated/α-hetero) is 1. The Hall–Kier alpha value is -3.00. The molecule has 0 N–H and O–H groups in total. The minimum atomic E-state index is -0.516. The molecule has 1 aromatic heterocycles. The number of aromatic nitrogens is 2. The summed E-state index contributed by atoms with van der Waals surface area (Å²) in [7, 11) is 0. The molecule has 2 amide bonds. The second kappa shape index (κ2) is 10.1. The topological polar surface area (TPSA) is 78.8 Å². The van der Waals surface area contributed by atoms with Crippen LogP contribution >= 0.6 is 0 Å². The fraction of sp³-hybridized carbons (Fsp3) is 0.538. The standard InChI is InChI=1S/C26H35N5O3/c1-18-14-19(2)16-30(15-18)23(32)17-28-10-12-29(13-11-28)26(34)25(33)24-20(3)27-31(21(24)4)22-8-6-5-7-9-22/h5-9,18-19H,10-17H2,1-4H3. The van der Waals surface area contributed by atoms with Crippen LogP contribution in [0, 0.1) is 25.7 Å². The Morgan fingerprint density at radius 2 is 1.53 bits per heavy atom. The Kier molecular flexibility index (Phi) is 7.16. The van der Waals surface area contributed by atoms with Crippen LogP contribution in [-0.4, -0.2) is 87.9 Å². The van der Waals surface area contributed by atoms with Gasteiger partial charge in [0.05, 0.1) is 29.2 Å². The number of nitrogens with zero attached hydrogens (tertiary/aromatic N) is 5. The molecule has 0 aliphatic carbocycles. The van der Waals surface area contributed by atoms with Crippen molar-refractivity contribution in [2.24, 2.45) is 11.8 Å². The molecule has 1 aromatic carbocycles. The molecule has 2 unspecified atom stereocenters. The summed E-state index contributed by atoms with van der Waals surface area (Å²) in [4.78, 5) is 44.7. The van der Waals surface area contributed by atoms with Gasteiger partial charge >= 0.3 is 0 Å². The predicted molar refractivity (Wildman–Crippen MR) is 130 cm³/mol. The smallest absolute Gasteiger partial charge is 0.295 e. The summed E-state index contributed by atoms with van der Waals surface area (Å²) in [5.74, 6) is 0.216. The number of carbonyl (C=O) groups is 3. The maximum absolute atomic E-state index is 13.1. The number of hydrogen-bond acceptors (Lipinski definition) is 5. The Labute approximate surface area is 201 Å². The van der Waals surface area contributed by atoms with Gasteiger partial charge in [0.2, 0.25) is 5.91 Å². The molecule has 8 nitrogen and oxygen atoms in total. The summed E-state index contributed by atoms with van der Waals surface area (Å²) in [6.45, 7) is 12.1. The van der Waals surface area contributed by atoms with Crippen molar-refractivity contribution in [2.45, 2.75) is 34.1 Å². The third-order valence-corrected chi connectivity index (χ3v) is 6.95. The number of piperidine rings is 1. The molecule has 2 aromatic rings. The number of rotatable bonds is 5. The summed E-state index contributed by atoms with van der Waals surface area (Å²) in [5, 5.41) is 4.50. The van der Waals surface area contributed by atoms with Gasteiger partial charge in [-0.2, -0.15) is 5.10 Å². The average Bonchev–Trinajstić information content (AvgIpc) is 3.12. The third kappa shape index (κ3) is 5.06. The highest BCUT2D eigenvalue weighted by Gasteiger charge is 2.32. The molecular formula is C26H35N5O3. The summed E-state index contributed by atoms with van der Waals surface area (Å²) in [5.41, 5.74) is 2.44. The van der Waals surface area contributed by atoms with Gasteiger partial charge in [0, 0.05) is 39.3 Å². The van der Waals surface area contributed by atoms with Crippen molar-refractivity contribution in [3.63, 3.8) is 0 Å². The normalized spacial score (nSPS) is 21.5. The van der Waals surface area contributed by atoms with Crippen molar-refractivity contribution in [3.8, 4) is 5.69 Å². The first-order valence-corrected chi connectivity index (χ1v) is 12.2. The zero-order valence-corrected chi connectivity index (χ0v) is 20.7. The number of hydrogen-bond donors (Lipinski definition) is 0. The lowest BCUT2D eigenvalue weighted by molar-refractivity contribution is -0.136. The highest BCUT2D eigenvalue weighted by Crippen LogP contribution is 2.22. The van der Waals surface area contributed by atoms with Gasteiger partial charge in [-0.25, -0.2) is 4.68 Å². The van der Waals surface area contributed by atoms with E-state index in [-0.39, 0.29) is 5.91 Å². The van der Waals surface area contributed by atoms with E-state index in [4.69, 9.17) is 0 Å². The monoisotopic (exact) mass is 465 g/mol. The first-order chi connectivity index (χ1) is 16.2. The minimum Gasteiger partial charge on any atom is -0.341 e. The second-order valence-corrected chi connectivity index (χ2v) is 9.94. The molecule has 2 fully saturated rings. The third-order valence-electron chi connectivity index (χ3n) is 6.95. The minimum absolute atomic E-state index is 0.161. The lowest BCUT2D eigenvalue weighted by Gasteiger charge is -2.38. The Balaban J connectivity index is 1.35. The first kappa shape index (κ1) is 24.1. The van der Waals surface area contributed by atoms with Crippen molar-refractivity contribution < 1.29 is 14.4 Å². The molecule has 2 aliphatic heterocycles. The number of piperazine rings is 1. The molecule has 4 rings (SSSR count). The molecule has 0 bridgehead atoms. The van der Waals surface area contributed by atoms with Crippen molar-refractivity contribution >= 4 is 17.6 Å². The number of benzene rings is 1. The molecule has 2 atom stereocenters. The Morgan fingerprint density at radius 1 is 0.912 bits per heavy atom. The molecule has 3 heterocycles. The van der Waals surface area contributed by atoms with Crippen LogP contribution in [0.5, 0.6) is 0 Å². The van der Waals surface area contributed by atoms with E-state index in [9.17, 15) is 14.4 Å². The van der Waals surface area contributed by atoms with Crippen LogP contribution in [0.4, 0.5) is 0 Å². The number of ketones is 1. The summed E-state index contributed by atoms with van der Waals surface area (Å²) < 4.78 is 1.71. The number of likely N-dealkylation sites (tertiary alicyclic amines) is 1. The summed E-state index contributed by atoms with van der Waals surface area (Å²) in [6, 6.07) is 9.58. The van der Waals surface area contributed by atoms with E-state index in [1.807, 2.05) is 42.2 Å². The number of aryl methyl sites for hydroxylation is 1. The van der Waals surface area contributed by atoms with Crippen LogP contribution in [0.25, 0.3) is 5.69 Å². The van der Waals surface area contributed by atoms with Crippen LogP contribution in [-0.2, 0) is 9.59 Å². The van der Waals surface area contributed by atoms with Gasteiger partial charge in [0.25, 0.3) is 11.7 Å². The molecule has 182 valence electrons. The van der Waals surface area contributed by atoms with Crippen molar-refractivity contribution in [2.75, 3.05) is 45.8 Å². The van der Waals surface area contributed by atoms with E-state index in [0.29, 0.717) is 61.5 Å². The van der Waals surface area contributed by atoms with E-state index in [0.717, 1.165) is 18.8 Å². The van der Waals surface area contributed by atoms with Gasteiger partial charge in [-0.1, -0.05) is 32.0 Å². The number of carbonyl (C=O) groups excluding carboxylic acids is 3. The van der Waals surface area contributed by atoms with Gasteiger partial charge in [-0.15, -0.1) is 0 Å². The van der Waals surface area contributed by atoms with Crippen LogP contribution in [0.3, 0.4) is 0 Å². The van der Waals surface area contributed by atoms with Gasteiger partial charge < -0.3 is 9.80 Å². The van der Waals surface area contributed by atoms with E-state index < -0.39 is 11.7 Å². The lowest BCUT2D eigenvalue weighted by atomic mass is 9.92. The number of amides is 2. The highest BCUT2D eigenvalue weighted by atomic mass is 16.2. The van der Waals surface area contributed by atoms with Gasteiger partial charge in [0.15, 0.2) is 0 Å². The molecule has 34 heavy (non-hydrogen) atoms. The van der Waals surface area contributed by atoms with Crippen LogP contribution < -0.4 is 0 Å². The second-order valence-electron chi connectivity index (χ2n) is 9.94. The van der Waals surface area contributed by atoms with E-state index in [1.165, 1.54) is 6.42 Å². The molecular weight excluding hydrogens is 430 g/mol. The summed E-state index contributed by atoms with van der Waals surface area (Å²) in [6.07, 6.45) is 1.17. The largest absolute Gasteiger partial charge is 0.341 e. The van der Waals surface area contributed by atoms with Crippen molar-refractivity contribution in [3.05, 3.63) is 47.3 Å². The average molecular weight is 466 g/mol. The molecule has 0 radical (unpaired) electrons. The van der Waals surface area contributed by atoms with Gasteiger partial charge in [-0.3, -0.25) is 19.3 Å². The lowest BCUT2D eigenvalue weighted by Crippen LogP contribution is -2.54. The van der Waals surface area contributed by atoms with Crippen molar-refractivity contribution in [1.29, 1.82) is 0 Å². The Morgan fingerprint density at radius 3 is 2.15 bits per heavy atom. The zero-order chi connectivity index (χ0) is 24.4. The Bertz CT molecular complexity index is 1050. The quantitative estimate of drug-likeness (QED) is 0.500. The molecule has 0 spiro atoms.